The minimum absolute atomic E-state index is 0.114. The van der Waals surface area contributed by atoms with Crippen molar-refractivity contribution in [1.82, 2.24) is 9.80 Å². The average molecular weight is 672 g/mol. The van der Waals surface area contributed by atoms with E-state index in [1.165, 1.54) is 31.4 Å². The molecule has 0 radical (unpaired) electrons. The van der Waals surface area contributed by atoms with Crippen molar-refractivity contribution < 1.29 is 38.4 Å². The van der Waals surface area contributed by atoms with Crippen LogP contribution in [0.15, 0.2) is 35.9 Å². The van der Waals surface area contributed by atoms with Crippen molar-refractivity contribution in [2.24, 2.45) is 5.92 Å². The number of aliphatic hydroxyl groups is 2. The number of ether oxygens (including phenoxy) is 3. The highest BCUT2D eigenvalue weighted by molar-refractivity contribution is 5.71. The SMILES string of the molecule is C/C(=C\c1cc(F)cc(N2CCOCC2)c1)[C@H]1OC(=O)C[C@@H](O)CC[C@@](C)(O)[C@@H](OC(=O)N2CCC(N3CCCCC3)CC2)/C=C\[C@@H]1C. The van der Waals surface area contributed by atoms with Crippen molar-refractivity contribution in [2.45, 2.75) is 102 Å². The van der Waals surface area contributed by atoms with E-state index in [1.54, 1.807) is 30.1 Å². The van der Waals surface area contributed by atoms with Gasteiger partial charge in [-0.05, 0) is 101 Å². The van der Waals surface area contributed by atoms with Crippen molar-refractivity contribution in [3.63, 3.8) is 0 Å². The molecule has 4 aliphatic rings. The van der Waals surface area contributed by atoms with Crippen molar-refractivity contribution in [2.75, 3.05) is 57.4 Å². The van der Waals surface area contributed by atoms with Crippen molar-refractivity contribution in [3.8, 4) is 0 Å². The van der Waals surface area contributed by atoms with Crippen LogP contribution < -0.4 is 4.90 Å². The molecule has 1 aromatic rings. The second kappa shape index (κ2) is 16.6. The lowest BCUT2D eigenvalue weighted by Crippen LogP contribution is -2.50. The fourth-order valence-corrected chi connectivity index (χ4v) is 7.36. The Morgan fingerprint density at radius 3 is 2.44 bits per heavy atom. The number of nitrogens with zero attached hydrogens (tertiary/aromatic N) is 3. The number of carbonyl (C=O) groups excluding carboxylic acids is 2. The monoisotopic (exact) mass is 671 g/mol. The number of aliphatic hydroxyl groups excluding tert-OH is 1. The molecule has 0 aromatic heterocycles. The summed E-state index contributed by atoms with van der Waals surface area (Å²) < 4.78 is 32.1. The zero-order valence-corrected chi connectivity index (χ0v) is 28.8. The smallest absolute Gasteiger partial charge is 0.410 e. The maximum atomic E-state index is 14.7. The number of morpholine rings is 1. The number of rotatable bonds is 5. The van der Waals surface area contributed by atoms with E-state index in [0.717, 1.165) is 31.6 Å². The van der Waals surface area contributed by atoms with Gasteiger partial charge in [-0.25, -0.2) is 9.18 Å². The van der Waals surface area contributed by atoms with Crippen LogP contribution in [0.25, 0.3) is 6.08 Å². The van der Waals surface area contributed by atoms with Crippen LogP contribution in [0.2, 0.25) is 0 Å². The lowest BCUT2D eigenvalue weighted by atomic mass is 9.88. The van der Waals surface area contributed by atoms with Crippen molar-refractivity contribution >= 4 is 23.8 Å². The number of amides is 1. The third-order valence-electron chi connectivity index (χ3n) is 10.3. The molecule has 10 nitrogen and oxygen atoms in total. The van der Waals surface area contributed by atoms with E-state index in [0.29, 0.717) is 56.6 Å². The highest BCUT2D eigenvalue weighted by Gasteiger charge is 2.37. The van der Waals surface area contributed by atoms with Crippen LogP contribution in [0.5, 0.6) is 0 Å². The van der Waals surface area contributed by atoms with Crippen LogP contribution in [0.1, 0.15) is 77.7 Å². The molecule has 2 N–H and O–H groups in total. The Bertz CT molecular complexity index is 1300. The topological polar surface area (TPSA) is 112 Å². The molecule has 1 aromatic carbocycles. The number of carbonyl (C=O) groups is 2. The van der Waals surface area contributed by atoms with E-state index in [4.69, 9.17) is 14.2 Å². The van der Waals surface area contributed by atoms with E-state index in [9.17, 15) is 24.2 Å². The van der Waals surface area contributed by atoms with Crippen LogP contribution in [0.3, 0.4) is 0 Å². The minimum Gasteiger partial charge on any atom is -0.457 e. The normalized spacial score (nSPS) is 31.4. The Morgan fingerprint density at radius 1 is 1.02 bits per heavy atom. The second-order valence-corrected chi connectivity index (χ2v) is 14.3. The Morgan fingerprint density at radius 2 is 1.73 bits per heavy atom. The fourth-order valence-electron chi connectivity index (χ4n) is 7.36. The summed E-state index contributed by atoms with van der Waals surface area (Å²) in [5.41, 5.74) is 0.584. The highest BCUT2D eigenvalue weighted by Crippen LogP contribution is 2.30. The number of halogens is 1. The van der Waals surface area contributed by atoms with Gasteiger partial charge in [-0.2, -0.15) is 0 Å². The molecular formula is C37H54FN3O7. The lowest BCUT2D eigenvalue weighted by molar-refractivity contribution is -0.151. The number of hydrogen-bond acceptors (Lipinski definition) is 9. The minimum atomic E-state index is -1.49. The molecule has 0 aliphatic carbocycles. The lowest BCUT2D eigenvalue weighted by Gasteiger charge is -2.40. The molecule has 0 saturated carbocycles. The second-order valence-electron chi connectivity index (χ2n) is 14.3. The molecule has 4 aliphatic heterocycles. The molecule has 4 heterocycles. The molecular weight excluding hydrogens is 617 g/mol. The first-order valence-electron chi connectivity index (χ1n) is 17.8. The van der Waals surface area contributed by atoms with Crippen molar-refractivity contribution in [3.05, 3.63) is 47.3 Å². The fraction of sp³-hybridized carbons (Fsp3) is 0.676. The van der Waals surface area contributed by atoms with E-state index >= 15 is 0 Å². The number of hydrogen-bond donors (Lipinski definition) is 2. The summed E-state index contributed by atoms with van der Waals surface area (Å²) in [6.45, 7) is 11.2. The number of esters is 1. The quantitative estimate of drug-likeness (QED) is 0.333. The largest absolute Gasteiger partial charge is 0.457 e. The Kier molecular flexibility index (Phi) is 12.6. The van der Waals surface area contributed by atoms with Gasteiger partial charge in [0.05, 0.1) is 25.7 Å². The molecule has 0 bridgehead atoms. The summed E-state index contributed by atoms with van der Waals surface area (Å²) in [5.74, 6) is -1.33. The van der Waals surface area contributed by atoms with Gasteiger partial charge in [0.15, 0.2) is 6.10 Å². The standard InChI is InChI=1S/C37H54FN3O7/c1-26-7-8-33(47-36(44)41-15-10-30(11-16-41)39-13-5-4-6-14-39)37(3,45)12-9-32(42)25-34(43)48-35(26)27(2)21-28-22-29(38)24-31(23-28)40-17-19-46-20-18-40/h7-8,21-24,26,30,32-33,35,42,45H,4-6,9-20,25H2,1-3H3/b8-7-,27-21+/t26-,32-,33-,35-,37+/m0/s1. The summed E-state index contributed by atoms with van der Waals surface area (Å²) in [7, 11) is 0. The molecule has 1 amide bonds. The van der Waals surface area contributed by atoms with E-state index in [2.05, 4.69) is 9.80 Å². The van der Waals surface area contributed by atoms with E-state index < -0.39 is 41.9 Å². The van der Waals surface area contributed by atoms with Gasteiger partial charge in [0.1, 0.15) is 17.5 Å². The third kappa shape index (κ3) is 9.80. The van der Waals surface area contributed by atoms with Crippen LogP contribution in [-0.4, -0.2) is 115 Å². The van der Waals surface area contributed by atoms with Crippen molar-refractivity contribution in [1.29, 1.82) is 0 Å². The van der Waals surface area contributed by atoms with Gasteiger partial charge >= 0.3 is 12.1 Å². The first kappa shape index (κ1) is 36.3. The number of anilines is 1. The molecule has 5 atom stereocenters. The van der Waals surface area contributed by atoms with Gasteiger partial charge in [0.2, 0.25) is 0 Å². The number of likely N-dealkylation sites (tertiary alicyclic amines) is 2. The maximum Gasteiger partial charge on any atom is 0.410 e. The summed E-state index contributed by atoms with van der Waals surface area (Å²) in [5, 5.41) is 22.2. The summed E-state index contributed by atoms with van der Waals surface area (Å²) in [6.07, 6.45) is 7.56. The molecule has 3 fully saturated rings. The number of piperidine rings is 2. The van der Waals surface area contributed by atoms with E-state index in [-0.39, 0.29) is 25.1 Å². The number of benzene rings is 1. The van der Waals surface area contributed by atoms with Crippen LogP contribution in [-0.2, 0) is 19.0 Å². The van der Waals surface area contributed by atoms with Gasteiger partial charge in [0.25, 0.3) is 0 Å². The Hall–Kier alpha value is -2.99. The zero-order chi connectivity index (χ0) is 34.3. The Labute approximate surface area is 284 Å². The summed E-state index contributed by atoms with van der Waals surface area (Å²) in [4.78, 5) is 32.7. The molecule has 0 spiro atoms. The predicted octanol–water partition coefficient (Wildman–Crippen LogP) is 4.92. The average Bonchev–Trinajstić information content (AvgIpc) is 3.08. The predicted molar refractivity (Wildman–Crippen MR) is 182 cm³/mol. The molecule has 0 unspecified atom stereocenters. The third-order valence-corrected chi connectivity index (χ3v) is 10.3. The highest BCUT2D eigenvalue weighted by atomic mass is 19.1. The van der Waals surface area contributed by atoms with Crippen LogP contribution in [0.4, 0.5) is 14.9 Å². The molecule has 266 valence electrons. The van der Waals surface area contributed by atoms with Gasteiger partial charge in [-0.15, -0.1) is 0 Å². The Balaban J connectivity index is 1.32. The van der Waals surface area contributed by atoms with Gasteiger partial charge in [0, 0.05) is 43.8 Å². The van der Waals surface area contributed by atoms with Crippen LogP contribution in [0, 0.1) is 11.7 Å². The summed E-state index contributed by atoms with van der Waals surface area (Å²) >= 11 is 0. The molecule has 11 heteroatoms. The molecule has 3 saturated heterocycles. The maximum absolute atomic E-state index is 14.7. The van der Waals surface area contributed by atoms with E-state index in [1.807, 2.05) is 19.9 Å². The van der Waals surface area contributed by atoms with Gasteiger partial charge in [-0.1, -0.05) is 25.5 Å². The number of cyclic esters (lactones) is 1. The first-order chi connectivity index (χ1) is 23.0. The molecule has 5 rings (SSSR count). The van der Waals surface area contributed by atoms with Gasteiger partial charge in [-0.3, -0.25) is 4.79 Å². The van der Waals surface area contributed by atoms with Gasteiger partial charge < -0.3 is 39.1 Å². The zero-order valence-electron chi connectivity index (χ0n) is 28.8. The summed E-state index contributed by atoms with van der Waals surface area (Å²) in [6, 6.07) is 5.33. The van der Waals surface area contributed by atoms with Crippen LogP contribution >= 0.6 is 0 Å². The molecule has 48 heavy (non-hydrogen) atoms. The first-order valence-corrected chi connectivity index (χ1v) is 17.8.